The first kappa shape index (κ1) is 32.8. The largest absolute Gasteiger partial charge is 0.508 e. The van der Waals surface area contributed by atoms with E-state index in [1.165, 1.54) is 12.1 Å². The van der Waals surface area contributed by atoms with Crippen molar-refractivity contribution in [2.75, 3.05) is 0 Å². The Balaban J connectivity index is 3.00. The molecule has 1 rings (SSSR count). The van der Waals surface area contributed by atoms with Gasteiger partial charge in [-0.1, -0.05) is 26.0 Å². The van der Waals surface area contributed by atoms with Gasteiger partial charge in [0.2, 0.25) is 29.5 Å². The van der Waals surface area contributed by atoms with E-state index in [0.717, 1.165) is 0 Å². The van der Waals surface area contributed by atoms with Crippen LogP contribution >= 0.6 is 0 Å². The maximum atomic E-state index is 13.1. The molecule has 0 aliphatic rings. The van der Waals surface area contributed by atoms with Gasteiger partial charge in [-0.3, -0.25) is 24.0 Å². The summed E-state index contributed by atoms with van der Waals surface area (Å²) in [4.78, 5) is 72.8. The van der Waals surface area contributed by atoms with Crippen LogP contribution in [0.4, 0.5) is 0 Å². The molecule has 0 radical (unpaired) electrons. The summed E-state index contributed by atoms with van der Waals surface area (Å²) in [6.07, 6.45) is -0.724. The van der Waals surface area contributed by atoms with Crippen molar-refractivity contribution < 1.29 is 39.0 Å². The molecule has 0 aliphatic carbocycles. The zero-order valence-corrected chi connectivity index (χ0v) is 22.0. The van der Waals surface area contributed by atoms with E-state index >= 15 is 0 Å². The van der Waals surface area contributed by atoms with Crippen molar-refractivity contribution >= 4 is 35.5 Å². The van der Waals surface area contributed by atoms with Crippen molar-refractivity contribution in [2.45, 2.75) is 76.5 Å². The molecule has 0 saturated heterocycles. The van der Waals surface area contributed by atoms with E-state index in [0.29, 0.717) is 5.56 Å². The summed E-state index contributed by atoms with van der Waals surface area (Å²) in [6.45, 7) is 3.56. The van der Waals surface area contributed by atoms with E-state index in [2.05, 4.69) is 16.0 Å². The maximum absolute atomic E-state index is 13.1. The monoisotopic (exact) mass is 550 g/mol. The molecule has 216 valence electrons. The average Bonchev–Trinajstić information content (AvgIpc) is 2.84. The fraction of sp³-hybridized carbons (Fsp3) is 0.520. The van der Waals surface area contributed by atoms with Crippen molar-refractivity contribution in [1.29, 1.82) is 0 Å². The summed E-state index contributed by atoms with van der Waals surface area (Å²) in [6, 6.07) is 1.09. The number of aromatic hydroxyl groups is 1. The Bertz CT molecular complexity index is 1030. The molecule has 0 heterocycles. The van der Waals surface area contributed by atoms with Gasteiger partial charge in [-0.2, -0.15) is 0 Å². The number of hydrogen-bond donors (Lipinski definition) is 8. The summed E-state index contributed by atoms with van der Waals surface area (Å²) in [5.74, 6) is -5.20. The van der Waals surface area contributed by atoms with Gasteiger partial charge in [-0.25, -0.2) is 4.79 Å². The molecule has 4 atom stereocenters. The quantitative estimate of drug-likeness (QED) is 0.111. The van der Waals surface area contributed by atoms with Crippen LogP contribution in [-0.4, -0.2) is 69.9 Å². The highest BCUT2D eigenvalue weighted by Gasteiger charge is 2.31. The molecular formula is C25H38N6O8. The highest BCUT2D eigenvalue weighted by Crippen LogP contribution is 2.12. The number of phenolic OH excluding ortho intramolecular Hbond substituents is 1. The van der Waals surface area contributed by atoms with Gasteiger partial charge in [0.05, 0.1) is 6.04 Å². The number of carboxylic acids is 1. The molecule has 14 heteroatoms. The third kappa shape index (κ3) is 12.7. The molecule has 0 bridgehead atoms. The van der Waals surface area contributed by atoms with Crippen molar-refractivity contribution in [3.05, 3.63) is 29.8 Å². The van der Waals surface area contributed by atoms with Crippen LogP contribution in [0.3, 0.4) is 0 Å². The Hall–Kier alpha value is -4.20. The number of benzene rings is 1. The number of hydrogen-bond acceptors (Lipinski definition) is 8. The van der Waals surface area contributed by atoms with Gasteiger partial charge in [0, 0.05) is 12.8 Å². The van der Waals surface area contributed by atoms with Gasteiger partial charge in [-0.15, -0.1) is 0 Å². The smallest absolute Gasteiger partial charge is 0.326 e. The standard InChI is InChI=1S/C25H38N6O8/c1-13(2)11-19(24(37)30-18(25(38)39)8-10-21(28)34)31-23(36)17(7-9-20(27)33)29-22(35)16(26)12-14-3-5-15(32)6-4-14/h3-6,13,16-19,32H,7-12,26H2,1-2H3,(H2,27,33)(H2,28,34)(H,29,35)(H,30,37)(H,31,36)(H,38,39). The normalized spacial score (nSPS) is 13.9. The number of aliphatic carboxylic acids is 1. The van der Waals surface area contributed by atoms with Crippen molar-refractivity contribution in [1.82, 2.24) is 16.0 Å². The van der Waals surface area contributed by atoms with E-state index in [-0.39, 0.29) is 50.2 Å². The molecule has 39 heavy (non-hydrogen) atoms. The summed E-state index contributed by atoms with van der Waals surface area (Å²) in [5, 5.41) is 26.1. The number of carbonyl (C=O) groups is 6. The summed E-state index contributed by atoms with van der Waals surface area (Å²) < 4.78 is 0. The molecule has 0 aromatic heterocycles. The number of primary amides is 2. The maximum Gasteiger partial charge on any atom is 0.326 e. The van der Waals surface area contributed by atoms with E-state index < -0.39 is 59.7 Å². The first-order chi connectivity index (χ1) is 18.2. The van der Waals surface area contributed by atoms with E-state index in [4.69, 9.17) is 17.2 Å². The highest BCUT2D eigenvalue weighted by molar-refractivity contribution is 5.94. The first-order valence-corrected chi connectivity index (χ1v) is 12.4. The van der Waals surface area contributed by atoms with E-state index in [1.54, 1.807) is 26.0 Å². The average molecular weight is 551 g/mol. The van der Waals surface area contributed by atoms with Crippen LogP contribution in [-0.2, 0) is 35.2 Å². The lowest BCUT2D eigenvalue weighted by Gasteiger charge is -2.26. The molecule has 1 aromatic rings. The van der Waals surface area contributed by atoms with Gasteiger partial charge in [0.25, 0.3) is 0 Å². The number of phenols is 1. The lowest BCUT2D eigenvalue weighted by molar-refractivity contribution is -0.142. The summed E-state index contributed by atoms with van der Waals surface area (Å²) in [5.41, 5.74) is 16.9. The van der Waals surface area contributed by atoms with Gasteiger partial charge >= 0.3 is 5.97 Å². The van der Waals surface area contributed by atoms with Crippen LogP contribution in [0, 0.1) is 5.92 Å². The molecule has 14 nitrogen and oxygen atoms in total. The fourth-order valence-electron chi connectivity index (χ4n) is 3.60. The minimum atomic E-state index is -1.42. The molecule has 0 spiro atoms. The van der Waals surface area contributed by atoms with Gasteiger partial charge < -0.3 is 43.4 Å². The molecule has 4 unspecified atom stereocenters. The van der Waals surface area contributed by atoms with Crippen LogP contribution in [0.5, 0.6) is 5.75 Å². The Morgan fingerprint density at radius 3 is 1.72 bits per heavy atom. The number of carbonyl (C=O) groups excluding carboxylic acids is 5. The van der Waals surface area contributed by atoms with Gasteiger partial charge in [0.15, 0.2) is 0 Å². The third-order valence-corrected chi connectivity index (χ3v) is 5.68. The second-order valence-corrected chi connectivity index (χ2v) is 9.64. The molecule has 11 N–H and O–H groups in total. The summed E-state index contributed by atoms with van der Waals surface area (Å²) >= 11 is 0. The van der Waals surface area contributed by atoms with Crippen molar-refractivity contribution in [3.63, 3.8) is 0 Å². The molecular weight excluding hydrogens is 512 g/mol. The number of nitrogens with one attached hydrogen (secondary N) is 3. The zero-order valence-electron chi connectivity index (χ0n) is 22.0. The minimum Gasteiger partial charge on any atom is -0.508 e. The number of carboxylic acid groups (broad SMARTS) is 1. The Labute approximate surface area is 226 Å². The lowest BCUT2D eigenvalue weighted by atomic mass is 10.0. The zero-order chi connectivity index (χ0) is 29.7. The van der Waals surface area contributed by atoms with Crippen LogP contribution in [0.2, 0.25) is 0 Å². The van der Waals surface area contributed by atoms with Gasteiger partial charge in [-0.05, 0) is 49.3 Å². The Kier molecular flexibility index (Phi) is 13.4. The second kappa shape index (κ2) is 15.9. The second-order valence-electron chi connectivity index (χ2n) is 9.64. The van der Waals surface area contributed by atoms with Gasteiger partial charge in [0.1, 0.15) is 23.9 Å². The van der Waals surface area contributed by atoms with Crippen molar-refractivity contribution in [2.24, 2.45) is 23.1 Å². The van der Waals surface area contributed by atoms with Crippen LogP contribution in [0.1, 0.15) is 51.5 Å². The number of amides is 5. The third-order valence-electron chi connectivity index (χ3n) is 5.68. The number of nitrogens with two attached hydrogens (primary N) is 3. The topological polar surface area (TPSA) is 257 Å². The van der Waals surface area contributed by atoms with E-state index in [9.17, 15) is 39.0 Å². The SMILES string of the molecule is CC(C)CC(NC(=O)C(CCC(N)=O)NC(=O)C(N)Cc1ccc(O)cc1)C(=O)NC(CCC(N)=O)C(=O)O. The predicted octanol–water partition coefficient (Wildman–Crippen LogP) is -1.62. The fourth-order valence-corrected chi connectivity index (χ4v) is 3.60. The first-order valence-electron chi connectivity index (χ1n) is 12.4. The Morgan fingerprint density at radius 1 is 0.769 bits per heavy atom. The molecule has 5 amide bonds. The highest BCUT2D eigenvalue weighted by atomic mass is 16.4. The van der Waals surface area contributed by atoms with E-state index in [1.807, 2.05) is 0 Å². The molecule has 0 fully saturated rings. The molecule has 1 aromatic carbocycles. The summed E-state index contributed by atoms with van der Waals surface area (Å²) in [7, 11) is 0. The predicted molar refractivity (Wildman–Crippen MR) is 140 cm³/mol. The molecule has 0 saturated carbocycles. The van der Waals surface area contributed by atoms with Crippen LogP contribution in [0.25, 0.3) is 0 Å². The van der Waals surface area contributed by atoms with Crippen molar-refractivity contribution in [3.8, 4) is 5.75 Å². The van der Waals surface area contributed by atoms with Crippen LogP contribution < -0.4 is 33.2 Å². The lowest BCUT2D eigenvalue weighted by Crippen LogP contribution is -2.57. The van der Waals surface area contributed by atoms with Crippen LogP contribution in [0.15, 0.2) is 24.3 Å². The number of rotatable bonds is 17. The minimum absolute atomic E-state index is 0.0440. The molecule has 0 aliphatic heterocycles. The Morgan fingerprint density at radius 2 is 1.23 bits per heavy atom.